The van der Waals surface area contributed by atoms with Gasteiger partial charge in [0.05, 0.1) is 18.7 Å². The Hall–Kier alpha value is -2.15. The van der Waals surface area contributed by atoms with E-state index in [1.54, 1.807) is 0 Å². The largest absolute Gasteiger partial charge is 0.375 e. The van der Waals surface area contributed by atoms with Crippen LogP contribution in [0.15, 0.2) is 41.3 Å². The Bertz CT molecular complexity index is 1090. The van der Waals surface area contributed by atoms with Crippen LogP contribution in [0.4, 0.5) is 14.5 Å². The van der Waals surface area contributed by atoms with Gasteiger partial charge < -0.3 is 10.4 Å². The summed E-state index contributed by atoms with van der Waals surface area (Å²) in [4.78, 5) is 16.8. The molecule has 3 rings (SSSR count). The lowest BCUT2D eigenvalue weighted by Gasteiger charge is -2.25. The molecule has 1 aliphatic rings. The van der Waals surface area contributed by atoms with Gasteiger partial charge in [-0.25, -0.2) is 17.2 Å². The van der Waals surface area contributed by atoms with E-state index in [9.17, 15) is 27.1 Å². The summed E-state index contributed by atoms with van der Waals surface area (Å²) in [6.45, 7) is -0.0157. The molecule has 1 amide bonds. The number of rotatable bonds is 5. The molecule has 168 valence electrons. The van der Waals surface area contributed by atoms with Gasteiger partial charge in [0.25, 0.3) is 5.91 Å². The predicted octanol–water partition coefficient (Wildman–Crippen LogP) is 2.45. The molecule has 1 unspecified atom stereocenters. The topological polar surface area (TPSA) is 99.2 Å². The molecule has 8 nitrogen and oxygen atoms in total. The van der Waals surface area contributed by atoms with Crippen LogP contribution in [0.1, 0.15) is 16.8 Å². The minimum Gasteiger partial charge on any atom is -0.375 e. The Morgan fingerprint density at radius 2 is 1.90 bits per heavy atom. The zero-order valence-electron chi connectivity index (χ0n) is 16.4. The van der Waals surface area contributed by atoms with Gasteiger partial charge in [-0.1, -0.05) is 11.6 Å². The minimum atomic E-state index is -4.36. The third kappa shape index (κ3) is 5.20. The van der Waals surface area contributed by atoms with E-state index in [1.807, 2.05) is 0 Å². The van der Waals surface area contributed by atoms with E-state index in [2.05, 4.69) is 5.32 Å². The van der Waals surface area contributed by atoms with E-state index in [4.69, 9.17) is 16.4 Å². The van der Waals surface area contributed by atoms with Gasteiger partial charge in [-0.05, 0) is 42.8 Å². The fourth-order valence-corrected chi connectivity index (χ4v) is 4.85. The molecule has 2 N–H and O–H groups in total. The number of nitrogens with one attached hydrogen (secondary N) is 1. The summed E-state index contributed by atoms with van der Waals surface area (Å²) in [5.41, 5.74) is 0.0507. The highest BCUT2D eigenvalue weighted by Gasteiger charge is 2.33. The Labute approximate surface area is 183 Å². The van der Waals surface area contributed by atoms with Crippen LogP contribution < -0.4 is 5.32 Å². The second-order valence-corrected chi connectivity index (χ2v) is 9.06. The lowest BCUT2D eigenvalue weighted by molar-refractivity contribution is -0.215. The predicted molar refractivity (Wildman–Crippen MR) is 109 cm³/mol. The Morgan fingerprint density at radius 3 is 2.58 bits per heavy atom. The number of sulfonamides is 1. The Balaban J connectivity index is 1.87. The molecule has 2 aromatic rings. The molecule has 31 heavy (non-hydrogen) atoms. The van der Waals surface area contributed by atoms with Crippen LogP contribution in [0, 0.1) is 11.6 Å². The summed E-state index contributed by atoms with van der Waals surface area (Å²) in [5, 5.41) is 13.6. The van der Waals surface area contributed by atoms with Gasteiger partial charge in [0.1, 0.15) is 22.8 Å². The van der Waals surface area contributed by atoms with Crippen LogP contribution in [0.2, 0.25) is 5.02 Å². The smallest absolute Gasteiger partial charge is 0.255 e. The number of hydrogen-bond donors (Lipinski definition) is 2. The van der Waals surface area contributed by atoms with Gasteiger partial charge in [-0.2, -0.15) is 9.37 Å². The van der Waals surface area contributed by atoms with Gasteiger partial charge in [0.15, 0.2) is 0 Å². The summed E-state index contributed by atoms with van der Waals surface area (Å²) < 4.78 is 54.8. The number of anilines is 1. The maximum absolute atomic E-state index is 14.5. The molecular weight excluding hydrogens is 456 g/mol. The number of carbonyl (C=O) groups excluding carboxylic acids is 1. The van der Waals surface area contributed by atoms with Crippen molar-refractivity contribution in [2.45, 2.75) is 17.5 Å². The summed E-state index contributed by atoms with van der Waals surface area (Å²) in [7, 11) is -3.01. The standard InChI is InChI=1S/C19H20ClF2N3O5S/c1-30-25-8-2-7-24(11-18(25)26)31(28,29)17-9-12(3-5-16(17)22)19(27)23-13-4-6-15(21)14(20)10-13/h3-6,9-10,18,26H,2,7-8,11H2,1H3,(H,23,27). The lowest BCUT2D eigenvalue weighted by Crippen LogP contribution is -2.42. The highest BCUT2D eigenvalue weighted by Crippen LogP contribution is 2.25. The normalized spacial score (nSPS) is 18.5. The molecule has 0 bridgehead atoms. The van der Waals surface area contributed by atoms with Crippen LogP contribution in [-0.4, -0.2) is 61.8 Å². The molecule has 1 heterocycles. The molecule has 1 aliphatic heterocycles. The number of aliphatic hydroxyl groups is 1. The van der Waals surface area contributed by atoms with Gasteiger partial charge in [-0.3, -0.25) is 9.63 Å². The van der Waals surface area contributed by atoms with Crippen LogP contribution >= 0.6 is 11.6 Å². The van der Waals surface area contributed by atoms with Crippen LogP contribution in [0.3, 0.4) is 0 Å². The Kier molecular flexibility index (Phi) is 7.24. The zero-order chi connectivity index (χ0) is 22.8. The number of halogens is 3. The number of amides is 1. The first-order valence-corrected chi connectivity index (χ1v) is 11.0. The number of nitrogens with zero attached hydrogens (tertiary/aromatic N) is 2. The van der Waals surface area contributed by atoms with E-state index in [-0.39, 0.29) is 35.9 Å². The van der Waals surface area contributed by atoms with Crippen molar-refractivity contribution in [1.82, 2.24) is 9.37 Å². The van der Waals surface area contributed by atoms with Crippen molar-refractivity contribution in [3.63, 3.8) is 0 Å². The first-order valence-electron chi connectivity index (χ1n) is 9.18. The molecule has 12 heteroatoms. The van der Waals surface area contributed by atoms with Gasteiger partial charge >= 0.3 is 0 Å². The molecule has 1 atom stereocenters. The monoisotopic (exact) mass is 475 g/mol. The van der Waals surface area contributed by atoms with E-state index < -0.39 is 38.7 Å². The summed E-state index contributed by atoms with van der Waals surface area (Å²) in [6.07, 6.45) is -0.892. The van der Waals surface area contributed by atoms with E-state index in [0.29, 0.717) is 6.42 Å². The quantitative estimate of drug-likeness (QED) is 0.689. The molecule has 0 radical (unpaired) electrons. The maximum atomic E-state index is 14.5. The van der Waals surface area contributed by atoms with Crippen LogP contribution in [0.5, 0.6) is 0 Å². The minimum absolute atomic E-state index is 0.0309. The van der Waals surface area contributed by atoms with E-state index >= 15 is 0 Å². The third-order valence-electron chi connectivity index (χ3n) is 4.71. The van der Waals surface area contributed by atoms with Gasteiger partial charge in [0.2, 0.25) is 10.0 Å². The summed E-state index contributed by atoms with van der Waals surface area (Å²) in [6, 6.07) is 6.44. The molecule has 1 fully saturated rings. The average Bonchev–Trinajstić information content (AvgIpc) is 2.92. The first-order chi connectivity index (χ1) is 14.6. The number of carbonyl (C=O) groups is 1. The molecular formula is C19H20ClF2N3O5S. The fourth-order valence-electron chi connectivity index (χ4n) is 3.11. The highest BCUT2D eigenvalue weighted by molar-refractivity contribution is 7.89. The summed E-state index contributed by atoms with van der Waals surface area (Å²) in [5.74, 6) is -2.44. The van der Waals surface area contributed by atoms with Crippen LogP contribution in [0.25, 0.3) is 0 Å². The van der Waals surface area contributed by atoms with Crippen molar-refractivity contribution in [1.29, 1.82) is 0 Å². The second-order valence-electron chi connectivity index (χ2n) is 6.75. The average molecular weight is 476 g/mol. The number of hydroxylamine groups is 2. The third-order valence-corrected chi connectivity index (χ3v) is 6.88. The molecule has 0 aliphatic carbocycles. The number of aliphatic hydroxyl groups excluding tert-OH is 1. The SMILES string of the molecule is CON1CCCN(S(=O)(=O)c2cc(C(=O)Nc3ccc(F)c(Cl)c3)ccc2F)CC1O. The van der Waals surface area contributed by atoms with E-state index in [0.717, 1.165) is 28.6 Å². The second kappa shape index (κ2) is 9.55. The fraction of sp³-hybridized carbons (Fsp3) is 0.316. The molecule has 2 aromatic carbocycles. The van der Waals surface area contributed by atoms with Crippen molar-refractivity contribution in [2.75, 3.05) is 32.1 Å². The van der Waals surface area contributed by atoms with Gasteiger partial charge in [0, 0.05) is 24.3 Å². The van der Waals surface area contributed by atoms with Crippen LogP contribution in [-0.2, 0) is 14.9 Å². The molecule has 0 aromatic heterocycles. The lowest BCUT2D eigenvalue weighted by atomic mass is 10.2. The van der Waals surface area contributed by atoms with Crippen molar-refractivity contribution in [3.8, 4) is 0 Å². The first kappa shape index (κ1) is 23.5. The zero-order valence-corrected chi connectivity index (χ0v) is 18.0. The van der Waals surface area contributed by atoms with E-state index in [1.165, 1.54) is 24.3 Å². The summed E-state index contributed by atoms with van der Waals surface area (Å²) >= 11 is 5.69. The number of benzene rings is 2. The van der Waals surface area contributed by atoms with Crippen molar-refractivity contribution in [2.24, 2.45) is 0 Å². The molecule has 0 saturated carbocycles. The molecule has 0 spiro atoms. The molecule has 1 saturated heterocycles. The van der Waals surface area contributed by atoms with Gasteiger partial charge in [-0.15, -0.1) is 0 Å². The van der Waals surface area contributed by atoms with Crippen molar-refractivity contribution < 1.29 is 31.9 Å². The highest BCUT2D eigenvalue weighted by atomic mass is 35.5. The Morgan fingerprint density at radius 1 is 1.19 bits per heavy atom. The number of hydrogen-bond acceptors (Lipinski definition) is 6. The maximum Gasteiger partial charge on any atom is 0.255 e. The van der Waals surface area contributed by atoms with Crippen molar-refractivity contribution in [3.05, 3.63) is 58.6 Å². The number of β-amino-alcohol motifs (C(OH)–C–C–N with tert-alkyl or cyclic N) is 1. The van der Waals surface area contributed by atoms with Crippen molar-refractivity contribution >= 4 is 33.2 Å².